The normalized spacial score (nSPS) is 11.5. The molecule has 8 aromatic rings. The Morgan fingerprint density at radius 3 is 2.58 bits per heavy atom. The van der Waals surface area contributed by atoms with Crippen molar-refractivity contribution in [3.8, 4) is 23.0 Å². The summed E-state index contributed by atoms with van der Waals surface area (Å²) in [5.74, 6) is 2.06. The Hall–Kier alpha value is -3.77. The van der Waals surface area contributed by atoms with Gasteiger partial charge in [-0.1, -0.05) is 29.8 Å². The minimum absolute atomic E-state index is 0. The largest absolute Gasteiger partial charge is 2.00 e. The third kappa shape index (κ3) is 3.62. The summed E-state index contributed by atoms with van der Waals surface area (Å²) in [5.41, 5.74) is 3.95. The molecule has 8 rings (SSSR count). The summed E-state index contributed by atoms with van der Waals surface area (Å²) in [7, 11) is 0. The quantitative estimate of drug-likeness (QED) is 0.174. The predicted octanol–water partition coefficient (Wildman–Crippen LogP) is 8.18. The van der Waals surface area contributed by atoms with E-state index in [0.29, 0.717) is 11.5 Å². The molecule has 0 bridgehead atoms. The zero-order chi connectivity index (χ0) is 24.3. The molecule has 0 aliphatic rings. The zero-order valence-corrected chi connectivity index (χ0v) is 23.5. The number of nitrogens with zero attached hydrogens (tertiary/aromatic N) is 4. The summed E-state index contributed by atoms with van der Waals surface area (Å²) in [5, 5.41) is 12.5. The van der Waals surface area contributed by atoms with Gasteiger partial charge >= 0.3 is 21.1 Å². The maximum atomic E-state index is 6.30. The van der Waals surface area contributed by atoms with E-state index in [2.05, 4.69) is 61.8 Å². The molecule has 184 valence electrons. The molecule has 0 aliphatic carbocycles. The molecule has 0 saturated carbocycles. The van der Waals surface area contributed by atoms with Gasteiger partial charge in [0.15, 0.2) is 0 Å². The molecule has 0 atom stereocenters. The second kappa shape index (κ2) is 9.21. The molecule has 0 N–H and O–H groups in total. The molecule has 0 aliphatic heterocycles. The van der Waals surface area contributed by atoms with Crippen molar-refractivity contribution in [2.45, 2.75) is 0 Å². The first-order valence-corrected chi connectivity index (χ1v) is 13.5. The Labute approximate surface area is 239 Å². The molecule has 0 spiro atoms. The molecule has 0 unspecified atom stereocenters. The average molecular weight is 708 g/mol. The maximum Gasteiger partial charge on any atom is 2.00 e. The first-order chi connectivity index (χ1) is 18.3. The summed E-state index contributed by atoms with van der Waals surface area (Å²) in [6.45, 7) is 0. The molecule has 8 heteroatoms. The molecule has 0 amide bonds. The van der Waals surface area contributed by atoms with Crippen LogP contribution in [-0.4, -0.2) is 19.3 Å². The van der Waals surface area contributed by atoms with Gasteiger partial charge in [-0.25, -0.2) is 4.98 Å². The van der Waals surface area contributed by atoms with Gasteiger partial charge in [-0.3, -0.25) is 4.68 Å². The summed E-state index contributed by atoms with van der Waals surface area (Å²) in [6.07, 6.45) is 3.73. The Kier molecular flexibility index (Phi) is 5.66. The number of hydrogen-bond donors (Lipinski definition) is 0. The van der Waals surface area contributed by atoms with Crippen molar-refractivity contribution < 1.29 is 25.8 Å². The predicted molar refractivity (Wildman–Crippen MR) is 151 cm³/mol. The van der Waals surface area contributed by atoms with Gasteiger partial charge in [0.2, 0.25) is 0 Å². The Morgan fingerprint density at radius 2 is 1.66 bits per heavy atom. The third-order valence-electron chi connectivity index (χ3n) is 6.47. The Morgan fingerprint density at radius 1 is 0.763 bits per heavy atom. The SMILES string of the molecule is [Pt+2].[c-]1c(Oc2[c-]c3c(cc2)c2ccccc2n3-c2ccccn2)cccc1-n1ncc2sc3cscc3c21. The smallest absolute Gasteiger partial charge is 0.509 e. The van der Waals surface area contributed by atoms with Crippen molar-refractivity contribution in [2.24, 2.45) is 0 Å². The van der Waals surface area contributed by atoms with Crippen molar-refractivity contribution >= 4 is 64.8 Å². The van der Waals surface area contributed by atoms with Crippen molar-refractivity contribution in [3.63, 3.8) is 0 Å². The Bertz CT molecular complexity index is 2090. The van der Waals surface area contributed by atoms with Crippen LogP contribution in [0.3, 0.4) is 0 Å². The van der Waals surface area contributed by atoms with Gasteiger partial charge in [0, 0.05) is 44.1 Å². The molecule has 0 saturated heterocycles. The number of para-hydroxylation sites is 1. The molecule has 5 nitrogen and oxygen atoms in total. The average Bonchev–Trinajstić information content (AvgIpc) is 3.69. The van der Waals surface area contributed by atoms with Crippen molar-refractivity contribution in [1.29, 1.82) is 0 Å². The number of ether oxygens (including phenoxy) is 1. The van der Waals surface area contributed by atoms with Crippen molar-refractivity contribution in [3.05, 3.63) is 108 Å². The van der Waals surface area contributed by atoms with E-state index in [9.17, 15) is 0 Å². The summed E-state index contributed by atoms with van der Waals surface area (Å²) in [4.78, 5) is 4.60. The fourth-order valence-corrected chi connectivity index (χ4v) is 6.91. The number of pyridine rings is 1. The van der Waals surface area contributed by atoms with Crippen LogP contribution in [0.15, 0.2) is 96.0 Å². The van der Waals surface area contributed by atoms with Crippen LogP contribution < -0.4 is 4.74 Å². The van der Waals surface area contributed by atoms with Crippen LogP contribution in [-0.2, 0) is 21.1 Å². The van der Waals surface area contributed by atoms with Crippen LogP contribution >= 0.6 is 22.7 Å². The molecule has 5 aromatic heterocycles. The zero-order valence-electron chi connectivity index (χ0n) is 19.6. The molecule has 5 heterocycles. The third-order valence-corrected chi connectivity index (χ3v) is 8.44. The number of thiophene rings is 2. The van der Waals surface area contributed by atoms with Crippen LogP contribution in [0.1, 0.15) is 0 Å². The molecule has 38 heavy (non-hydrogen) atoms. The first kappa shape index (κ1) is 23.4. The first-order valence-electron chi connectivity index (χ1n) is 11.7. The van der Waals surface area contributed by atoms with E-state index in [4.69, 9.17) is 4.74 Å². The van der Waals surface area contributed by atoms with Crippen molar-refractivity contribution in [1.82, 2.24) is 19.3 Å². The van der Waals surface area contributed by atoms with E-state index in [1.807, 2.05) is 59.4 Å². The summed E-state index contributed by atoms with van der Waals surface area (Å²) < 4.78 is 12.8. The summed E-state index contributed by atoms with van der Waals surface area (Å²) in [6, 6.07) is 31.1. The van der Waals surface area contributed by atoms with Gasteiger partial charge in [0.05, 0.1) is 16.4 Å². The topological polar surface area (TPSA) is 44.9 Å². The van der Waals surface area contributed by atoms with Gasteiger partial charge in [0.25, 0.3) is 0 Å². The van der Waals surface area contributed by atoms with E-state index in [-0.39, 0.29) is 21.1 Å². The van der Waals surface area contributed by atoms with Crippen molar-refractivity contribution in [2.75, 3.05) is 0 Å². The number of aromatic nitrogens is 4. The monoisotopic (exact) mass is 707 g/mol. The maximum absolute atomic E-state index is 6.30. The van der Waals surface area contributed by atoms with Crippen LogP contribution in [0.4, 0.5) is 0 Å². The van der Waals surface area contributed by atoms with E-state index in [1.165, 1.54) is 14.8 Å². The van der Waals surface area contributed by atoms with Crippen LogP contribution in [0.5, 0.6) is 11.5 Å². The molecular weight excluding hydrogens is 692 g/mol. The van der Waals surface area contributed by atoms with E-state index in [1.54, 1.807) is 28.9 Å². The van der Waals surface area contributed by atoms with Gasteiger partial charge < -0.3 is 9.30 Å². The minimum Gasteiger partial charge on any atom is -0.509 e. The summed E-state index contributed by atoms with van der Waals surface area (Å²) >= 11 is 3.47. The molecule has 3 aromatic carbocycles. The van der Waals surface area contributed by atoms with Crippen LogP contribution in [0.2, 0.25) is 0 Å². The fourth-order valence-electron chi connectivity index (χ4n) is 4.89. The van der Waals surface area contributed by atoms with E-state index in [0.717, 1.165) is 38.8 Å². The molecule has 0 radical (unpaired) electrons. The molecular formula is C30H16N4OPtS2. The number of hydrogen-bond acceptors (Lipinski definition) is 5. The van der Waals surface area contributed by atoms with Gasteiger partial charge in [-0.05, 0) is 29.3 Å². The number of benzene rings is 3. The second-order valence-corrected chi connectivity index (χ2v) is 10.5. The minimum atomic E-state index is 0. The number of fused-ring (bicyclic) bond motifs is 6. The van der Waals surface area contributed by atoms with Gasteiger partial charge in [-0.15, -0.1) is 47.1 Å². The number of rotatable bonds is 4. The molecule has 0 fully saturated rings. The van der Waals surface area contributed by atoms with Crippen LogP contribution in [0, 0.1) is 12.1 Å². The Balaban J connectivity index is 0.00000242. The van der Waals surface area contributed by atoms with Crippen LogP contribution in [0.25, 0.3) is 53.6 Å². The second-order valence-electron chi connectivity index (χ2n) is 8.65. The van der Waals surface area contributed by atoms with Gasteiger partial charge in [0.1, 0.15) is 5.82 Å². The van der Waals surface area contributed by atoms with E-state index < -0.39 is 0 Å². The standard InChI is InChI=1S/C30H16N4OS2.Pt/c1-2-9-25-22(8-1)23-12-11-21(15-26(23)33(25)29-10-3-4-13-31-29)35-20-7-5-6-19(14-20)34-30-24-17-36-18-28(24)37-27(30)16-32-34;/h1-13,16-18H;/q-2;+2. The fraction of sp³-hybridized carbons (Fsp3) is 0. The van der Waals surface area contributed by atoms with E-state index >= 15 is 0 Å². The van der Waals surface area contributed by atoms with Gasteiger partial charge in [-0.2, -0.15) is 28.6 Å².